The molecule has 0 aromatic rings. The van der Waals surface area contributed by atoms with Crippen molar-refractivity contribution < 1.29 is 0 Å². The van der Waals surface area contributed by atoms with Crippen molar-refractivity contribution in [3.05, 3.63) is 89.2 Å². The molecule has 124 heavy (non-hydrogen) atoms. The number of hydrogen-bond donors (Lipinski definition) is 0. The highest BCUT2D eigenvalue weighted by Crippen LogP contribution is 2.75. The highest BCUT2D eigenvalue weighted by atomic mass is 14.7. The van der Waals surface area contributed by atoms with E-state index in [4.69, 9.17) is 0 Å². The summed E-state index contributed by atoms with van der Waals surface area (Å²) >= 11 is 0. The minimum atomic E-state index is 0.274. The maximum absolute atomic E-state index is 2.55. The summed E-state index contributed by atoms with van der Waals surface area (Å²) in [6.07, 6.45) is 52.1. The van der Waals surface area contributed by atoms with Crippen molar-refractivity contribution in [3.63, 3.8) is 0 Å². The van der Waals surface area contributed by atoms with Gasteiger partial charge in [-0.25, -0.2) is 0 Å². The quantitative estimate of drug-likeness (QED) is 0.246. The number of hydrogen-bond acceptors (Lipinski definition) is 0. The normalized spacial score (nSPS) is 32.9. The molecule has 6 unspecified atom stereocenters. The van der Waals surface area contributed by atoms with Crippen LogP contribution in [-0.4, -0.2) is 0 Å². The molecule has 716 valence electrons. The van der Waals surface area contributed by atoms with Gasteiger partial charge in [-0.1, -0.05) is 388 Å². The molecule has 0 aliphatic heterocycles. The van der Waals surface area contributed by atoms with Crippen LogP contribution in [0.3, 0.4) is 0 Å². The summed E-state index contributed by atoms with van der Waals surface area (Å²) in [7, 11) is 0. The maximum Gasteiger partial charge on any atom is -0.00854 e. The van der Waals surface area contributed by atoms with Crippen molar-refractivity contribution in [2.24, 2.45) is 132 Å². The lowest BCUT2D eigenvalue weighted by atomic mass is 9.40. The van der Waals surface area contributed by atoms with E-state index in [9.17, 15) is 0 Å². The Morgan fingerprint density at radius 1 is 0.194 bits per heavy atom. The first-order chi connectivity index (χ1) is 56.4. The molecule has 0 N–H and O–H groups in total. The molecular formula is C124H220. The average Bonchev–Trinajstić information content (AvgIpc) is 1.45. The first kappa shape index (κ1) is 109. The van der Waals surface area contributed by atoms with Crippen LogP contribution in [0, 0.1) is 132 Å². The molecule has 14 aliphatic rings. The van der Waals surface area contributed by atoms with Crippen LogP contribution in [0.1, 0.15) is 563 Å². The smallest absolute Gasteiger partial charge is 0.00854 e. The molecule has 0 aromatic heterocycles. The molecule has 14 aliphatic carbocycles. The first-order valence-corrected chi connectivity index (χ1v) is 53.9. The molecule has 4 spiro atoms. The molecule has 6 atom stereocenters. The lowest BCUT2D eigenvalue weighted by molar-refractivity contribution is -0.0824. The Balaban J connectivity index is 0.000000195. The van der Waals surface area contributed by atoms with Crippen molar-refractivity contribution in [3.8, 4) is 0 Å². The Bertz CT molecular complexity index is 3650. The summed E-state index contributed by atoms with van der Waals surface area (Å²) in [5.41, 5.74) is 35.9. The molecule has 0 radical (unpaired) electrons. The molecule has 0 nitrogen and oxygen atoms in total. The summed E-state index contributed by atoms with van der Waals surface area (Å²) in [5, 5.41) is 0. The van der Waals surface area contributed by atoms with Gasteiger partial charge >= 0.3 is 0 Å². The third-order valence-electron chi connectivity index (χ3n) is 49.4. The predicted molar refractivity (Wildman–Crippen MR) is 557 cm³/mol. The van der Waals surface area contributed by atoms with Crippen molar-refractivity contribution >= 4 is 0 Å². The monoisotopic (exact) mass is 1710 g/mol. The SMILES string of the molecule is CC1=C(C)C(C)(C)C(C)(C)C(C)(C)C1(C)C.CC1=C(C)C(C)(C)C(C)C(C)C1(C)C.CC1=C(C)C(C)(C)C2(C)CCCC2(C)C1(C)C.CC1=C(C)C(C)(C)C2CCCC2C1(C)C.CC1=C(C)C(C)(C)CCC1(C)C.CC1=C(C)C2(CCCC2)CCC12CCCC2.CC1=C(C)C2(CCCCC2)CCC12CCCCC2.CCC1(CC)CCC(CC)(CC)C(C)=C1C. The molecule has 0 heteroatoms. The second-order valence-electron chi connectivity index (χ2n) is 54.3. The van der Waals surface area contributed by atoms with E-state index in [0.29, 0.717) is 97.5 Å². The van der Waals surface area contributed by atoms with Crippen LogP contribution in [0.15, 0.2) is 89.2 Å². The molecule has 0 heterocycles. The summed E-state index contributed by atoms with van der Waals surface area (Å²) in [5.74, 6) is 3.38. The minimum absolute atomic E-state index is 0.274. The highest BCUT2D eigenvalue weighted by Gasteiger charge is 2.66. The van der Waals surface area contributed by atoms with Gasteiger partial charge in [-0.05, 0) is 397 Å². The van der Waals surface area contributed by atoms with Gasteiger partial charge in [0.2, 0.25) is 0 Å². The topological polar surface area (TPSA) is 0 Å². The Morgan fingerprint density at radius 3 is 0.645 bits per heavy atom. The second kappa shape index (κ2) is 38.0. The second-order valence-corrected chi connectivity index (χ2v) is 54.3. The van der Waals surface area contributed by atoms with E-state index in [1.807, 2.05) is 22.3 Å². The van der Waals surface area contributed by atoms with Crippen LogP contribution < -0.4 is 0 Å². The largest absolute Gasteiger partial charge is 0.0682 e. The number of fused-ring (bicyclic) bond motifs is 2. The molecule has 0 aromatic carbocycles. The predicted octanol–water partition coefficient (Wildman–Crippen LogP) is 41.6. The summed E-state index contributed by atoms with van der Waals surface area (Å²) in [6.45, 7) is 116. The van der Waals surface area contributed by atoms with Gasteiger partial charge in [-0.3, -0.25) is 0 Å². The van der Waals surface area contributed by atoms with Crippen LogP contribution in [0.2, 0.25) is 0 Å². The molecule has 0 bridgehead atoms. The standard InChI is InChI=1S/C18H30.C17H30.C16H26.2C16H30.C15H26.C14H26.C12H22/c1-15-16(2)18(11-7-4-8-12-18)14-13-17(15)9-5-3-6-10-17;1-12-13(2)15(5,6)17(8)11-9-10-16(17,7)14(12,3)4;1-13-14(2)16(9-5-6-10-16)12-11-15(13)7-3-4-8-15;1-11-12(2)14(5,6)16(9,10)15(7,8)13(11,3)4;1-7-15(8-2)11-12-16(9-3,10-4)14(6)13(15)5;1-10-11(2)15(5,6)13-9-7-8-12(13)14(10,3)4;1-9-10(2)14(7,8)12(4)11(3)13(9,5)6;1-9-10(2)12(5,6)8-7-11(9,3)4/h3-14H2,1-2H3;9-11H2,1-8H3;3-12H2,1-2H3;1-10H3;7-12H2,1-6H3;12-13H,7-9H2,1-6H3;9-10H,1-8H3;7-8H2,1-6H3. The molecule has 14 rings (SSSR count). The van der Waals surface area contributed by atoms with E-state index in [2.05, 4.69) is 332 Å². The van der Waals surface area contributed by atoms with Gasteiger partial charge in [0.25, 0.3) is 0 Å². The first-order valence-electron chi connectivity index (χ1n) is 53.9. The van der Waals surface area contributed by atoms with Gasteiger partial charge < -0.3 is 0 Å². The molecule has 0 amide bonds. The Morgan fingerprint density at radius 2 is 0.411 bits per heavy atom. The number of rotatable bonds is 4. The van der Waals surface area contributed by atoms with Gasteiger partial charge in [-0.2, -0.15) is 0 Å². The molecule has 6 fully saturated rings. The lowest BCUT2D eigenvalue weighted by Gasteiger charge is -2.64. The van der Waals surface area contributed by atoms with Crippen LogP contribution in [0.25, 0.3) is 0 Å². The van der Waals surface area contributed by atoms with E-state index < -0.39 is 0 Å². The molecular weight excluding hydrogens is 1490 g/mol. The van der Waals surface area contributed by atoms with Gasteiger partial charge in [-0.15, -0.1) is 0 Å². The van der Waals surface area contributed by atoms with E-state index in [0.717, 1.165) is 23.7 Å². The van der Waals surface area contributed by atoms with Gasteiger partial charge in [0, 0.05) is 0 Å². The van der Waals surface area contributed by atoms with Crippen LogP contribution in [-0.2, 0) is 0 Å². The summed E-state index contributed by atoms with van der Waals surface area (Å²) < 4.78 is 0. The van der Waals surface area contributed by atoms with Gasteiger partial charge in [0.05, 0.1) is 0 Å². The zero-order valence-electron chi connectivity index (χ0n) is 93.8. The Kier molecular flexibility index (Phi) is 33.4. The van der Waals surface area contributed by atoms with E-state index >= 15 is 0 Å². The van der Waals surface area contributed by atoms with Crippen LogP contribution >= 0.6 is 0 Å². The van der Waals surface area contributed by atoms with E-state index in [-0.39, 0.29) is 10.8 Å². The fourth-order valence-electron chi connectivity index (χ4n) is 32.0. The van der Waals surface area contributed by atoms with Crippen molar-refractivity contribution in [1.29, 1.82) is 0 Å². The zero-order chi connectivity index (χ0) is 95.0. The maximum atomic E-state index is 2.55. The molecule has 6 saturated carbocycles. The van der Waals surface area contributed by atoms with Crippen LogP contribution in [0.5, 0.6) is 0 Å². The van der Waals surface area contributed by atoms with E-state index in [1.165, 1.54) is 231 Å². The van der Waals surface area contributed by atoms with Crippen LogP contribution in [0.4, 0.5) is 0 Å². The zero-order valence-corrected chi connectivity index (χ0v) is 93.8. The summed E-state index contributed by atoms with van der Waals surface area (Å²) in [4.78, 5) is 0. The minimum Gasteiger partial charge on any atom is -0.0682 e. The fourth-order valence-corrected chi connectivity index (χ4v) is 32.0. The fraction of sp³-hybridized carbons (Fsp3) is 0.871. The van der Waals surface area contributed by atoms with Crippen molar-refractivity contribution in [1.82, 2.24) is 0 Å². The summed E-state index contributed by atoms with van der Waals surface area (Å²) in [6, 6.07) is 0. The molecule has 0 saturated heterocycles. The van der Waals surface area contributed by atoms with Gasteiger partial charge in [0.1, 0.15) is 0 Å². The van der Waals surface area contributed by atoms with Crippen molar-refractivity contribution in [2.75, 3.05) is 0 Å². The lowest BCUT2D eigenvalue weighted by Crippen LogP contribution is -2.56. The van der Waals surface area contributed by atoms with Gasteiger partial charge in [0.15, 0.2) is 0 Å². The van der Waals surface area contributed by atoms with Crippen molar-refractivity contribution in [2.45, 2.75) is 563 Å². The third-order valence-corrected chi connectivity index (χ3v) is 49.4. The third kappa shape index (κ3) is 18.4. The Labute approximate surface area is 779 Å². The number of allylic oxidation sites excluding steroid dienone is 16. The van der Waals surface area contributed by atoms with E-state index in [1.54, 1.807) is 66.9 Å². The highest BCUT2D eigenvalue weighted by molar-refractivity contribution is 5.39. The average molecular weight is 1710 g/mol. The Hall–Kier alpha value is -2.08.